The highest BCUT2D eigenvalue weighted by Gasteiger charge is 2.12. The molecule has 0 aliphatic heterocycles. The van der Waals surface area contributed by atoms with Crippen molar-refractivity contribution < 1.29 is 23.8 Å². The van der Waals surface area contributed by atoms with Crippen LogP contribution in [0, 0.1) is 13.8 Å². The first kappa shape index (κ1) is 22.1. The van der Waals surface area contributed by atoms with Crippen LogP contribution in [-0.2, 0) is 16.1 Å². The molecule has 0 aliphatic carbocycles. The number of aldehydes is 1. The summed E-state index contributed by atoms with van der Waals surface area (Å²) in [6.07, 6.45) is 0.813. The average Bonchev–Trinajstić information content (AvgIpc) is 2.77. The fourth-order valence-electron chi connectivity index (χ4n) is 3.33. The third kappa shape index (κ3) is 5.72. The Hall–Kier alpha value is -3.60. The Morgan fingerprint density at radius 1 is 0.839 bits per heavy atom. The van der Waals surface area contributed by atoms with E-state index in [1.165, 1.54) is 6.92 Å². The van der Waals surface area contributed by atoms with E-state index in [1.54, 1.807) is 24.3 Å². The predicted molar refractivity (Wildman–Crippen MR) is 120 cm³/mol. The van der Waals surface area contributed by atoms with Crippen LogP contribution in [0.25, 0.3) is 11.1 Å². The van der Waals surface area contributed by atoms with E-state index in [0.29, 0.717) is 18.8 Å². The number of hydrogen-bond acceptors (Lipinski definition) is 5. The molecule has 0 N–H and O–H groups in total. The van der Waals surface area contributed by atoms with Crippen LogP contribution in [0.3, 0.4) is 0 Å². The van der Waals surface area contributed by atoms with E-state index in [1.807, 2.05) is 31.2 Å². The van der Waals surface area contributed by atoms with Crippen LogP contribution in [-0.4, -0.2) is 25.5 Å². The van der Waals surface area contributed by atoms with Gasteiger partial charge in [-0.05, 0) is 72.0 Å². The molecule has 0 radical (unpaired) electrons. The van der Waals surface area contributed by atoms with Crippen LogP contribution in [0.15, 0.2) is 60.7 Å². The molecule has 0 fully saturated rings. The fraction of sp³-hybridized carbons (Fsp3) is 0.231. The molecule has 3 rings (SSSR count). The van der Waals surface area contributed by atoms with Crippen LogP contribution in [0.4, 0.5) is 0 Å². The summed E-state index contributed by atoms with van der Waals surface area (Å²) in [5.41, 5.74) is 6.05. The van der Waals surface area contributed by atoms with E-state index in [0.717, 1.165) is 45.6 Å². The summed E-state index contributed by atoms with van der Waals surface area (Å²) in [5, 5.41) is 0. The lowest BCUT2D eigenvalue weighted by atomic mass is 9.93. The van der Waals surface area contributed by atoms with Crippen molar-refractivity contribution in [1.82, 2.24) is 0 Å². The minimum atomic E-state index is -0.316. The second-order valence-corrected chi connectivity index (χ2v) is 7.18. The highest BCUT2D eigenvalue weighted by molar-refractivity contribution is 5.75. The molecule has 5 nitrogen and oxygen atoms in total. The van der Waals surface area contributed by atoms with E-state index in [4.69, 9.17) is 14.2 Å². The molecular weight excluding hydrogens is 392 g/mol. The number of carbonyl (C=O) groups is 2. The summed E-state index contributed by atoms with van der Waals surface area (Å²) in [7, 11) is 0. The van der Waals surface area contributed by atoms with Crippen molar-refractivity contribution in [3.63, 3.8) is 0 Å². The van der Waals surface area contributed by atoms with E-state index < -0.39 is 0 Å². The van der Waals surface area contributed by atoms with Crippen LogP contribution in [0.5, 0.6) is 11.5 Å². The zero-order valence-corrected chi connectivity index (χ0v) is 18.0. The number of ether oxygens (including phenoxy) is 3. The largest absolute Gasteiger partial charge is 0.490 e. The maximum atomic E-state index is 10.9. The van der Waals surface area contributed by atoms with Gasteiger partial charge in [-0.3, -0.25) is 9.59 Å². The van der Waals surface area contributed by atoms with Gasteiger partial charge in [0.05, 0.1) is 0 Å². The molecule has 0 saturated carbocycles. The van der Waals surface area contributed by atoms with Gasteiger partial charge in [0.25, 0.3) is 0 Å². The molecule has 0 unspecified atom stereocenters. The molecule has 0 aliphatic rings. The Balaban J connectivity index is 1.76. The predicted octanol–water partition coefficient (Wildman–Crippen LogP) is 5.30. The van der Waals surface area contributed by atoms with Gasteiger partial charge in [0, 0.05) is 12.5 Å². The van der Waals surface area contributed by atoms with Gasteiger partial charge in [0.2, 0.25) is 0 Å². The number of benzene rings is 3. The fourth-order valence-corrected chi connectivity index (χ4v) is 3.33. The van der Waals surface area contributed by atoms with Gasteiger partial charge in [0.15, 0.2) is 0 Å². The topological polar surface area (TPSA) is 61.8 Å². The van der Waals surface area contributed by atoms with Crippen molar-refractivity contribution in [3.8, 4) is 22.6 Å². The Morgan fingerprint density at radius 3 is 2.19 bits per heavy atom. The second kappa shape index (κ2) is 10.4. The molecule has 0 bridgehead atoms. The van der Waals surface area contributed by atoms with Gasteiger partial charge < -0.3 is 14.2 Å². The summed E-state index contributed by atoms with van der Waals surface area (Å²) < 4.78 is 16.7. The first-order chi connectivity index (χ1) is 15.0. The Labute approximate surface area is 182 Å². The third-order valence-electron chi connectivity index (χ3n) is 5.08. The number of esters is 1. The van der Waals surface area contributed by atoms with Crippen molar-refractivity contribution in [2.24, 2.45) is 0 Å². The zero-order chi connectivity index (χ0) is 22.2. The Bertz CT molecular complexity index is 1050. The van der Waals surface area contributed by atoms with Gasteiger partial charge in [0.1, 0.15) is 37.6 Å². The van der Waals surface area contributed by atoms with Gasteiger partial charge in [-0.15, -0.1) is 0 Å². The SMILES string of the molecule is CC(=O)OCCOc1cccc(-c2cccc(COc3ccc(C=O)cc3)c2C)c1C. The Kier molecular flexibility index (Phi) is 7.44. The molecule has 0 saturated heterocycles. The minimum Gasteiger partial charge on any atom is -0.490 e. The number of carbonyl (C=O) groups excluding carboxylic acids is 2. The van der Waals surface area contributed by atoms with Crippen LogP contribution >= 0.6 is 0 Å². The second-order valence-electron chi connectivity index (χ2n) is 7.18. The van der Waals surface area contributed by atoms with E-state index in [2.05, 4.69) is 19.1 Å². The van der Waals surface area contributed by atoms with Gasteiger partial charge >= 0.3 is 5.97 Å². The zero-order valence-electron chi connectivity index (χ0n) is 18.0. The van der Waals surface area contributed by atoms with E-state index >= 15 is 0 Å². The molecule has 0 amide bonds. The Morgan fingerprint density at radius 2 is 1.52 bits per heavy atom. The first-order valence-electron chi connectivity index (χ1n) is 10.1. The smallest absolute Gasteiger partial charge is 0.302 e. The molecular formula is C26H26O5. The van der Waals surface area contributed by atoms with Crippen molar-refractivity contribution in [1.29, 1.82) is 0 Å². The lowest BCUT2D eigenvalue weighted by Crippen LogP contribution is -2.10. The van der Waals surface area contributed by atoms with Crippen molar-refractivity contribution in [2.45, 2.75) is 27.4 Å². The van der Waals surface area contributed by atoms with Gasteiger partial charge in [-0.2, -0.15) is 0 Å². The summed E-state index contributed by atoms with van der Waals surface area (Å²) in [6.45, 7) is 6.44. The van der Waals surface area contributed by atoms with E-state index in [9.17, 15) is 9.59 Å². The summed E-state index contributed by atoms with van der Waals surface area (Å²) in [6, 6.07) is 19.2. The summed E-state index contributed by atoms with van der Waals surface area (Å²) in [4.78, 5) is 21.7. The van der Waals surface area contributed by atoms with Crippen LogP contribution < -0.4 is 9.47 Å². The van der Waals surface area contributed by atoms with Crippen molar-refractivity contribution >= 4 is 12.3 Å². The first-order valence-corrected chi connectivity index (χ1v) is 10.1. The normalized spacial score (nSPS) is 10.4. The standard InChI is InChI=1S/C26H26O5/c1-18-22(17-31-23-12-10-21(16-27)11-13-23)6-4-7-24(18)25-8-5-9-26(19(25)2)30-15-14-29-20(3)28/h4-13,16H,14-15,17H2,1-3H3. The lowest BCUT2D eigenvalue weighted by molar-refractivity contribution is -0.141. The summed E-state index contributed by atoms with van der Waals surface area (Å²) >= 11 is 0. The molecule has 3 aromatic rings. The molecule has 0 aromatic heterocycles. The monoisotopic (exact) mass is 418 g/mol. The molecule has 5 heteroatoms. The molecule has 0 heterocycles. The van der Waals surface area contributed by atoms with Gasteiger partial charge in [-0.25, -0.2) is 0 Å². The van der Waals surface area contributed by atoms with Crippen molar-refractivity contribution in [3.05, 3.63) is 82.9 Å². The van der Waals surface area contributed by atoms with Crippen LogP contribution in [0.2, 0.25) is 0 Å². The highest BCUT2D eigenvalue weighted by Crippen LogP contribution is 2.33. The van der Waals surface area contributed by atoms with Crippen LogP contribution in [0.1, 0.15) is 34.0 Å². The third-order valence-corrected chi connectivity index (χ3v) is 5.08. The summed E-state index contributed by atoms with van der Waals surface area (Å²) in [5.74, 6) is 1.17. The molecule has 0 atom stereocenters. The number of rotatable bonds is 9. The quantitative estimate of drug-likeness (QED) is 0.268. The van der Waals surface area contributed by atoms with E-state index in [-0.39, 0.29) is 12.6 Å². The lowest BCUT2D eigenvalue weighted by Gasteiger charge is -2.17. The maximum absolute atomic E-state index is 10.9. The average molecular weight is 418 g/mol. The van der Waals surface area contributed by atoms with Crippen molar-refractivity contribution in [2.75, 3.05) is 13.2 Å². The maximum Gasteiger partial charge on any atom is 0.302 e. The highest BCUT2D eigenvalue weighted by atomic mass is 16.6. The molecule has 31 heavy (non-hydrogen) atoms. The number of hydrogen-bond donors (Lipinski definition) is 0. The molecule has 3 aromatic carbocycles. The molecule has 0 spiro atoms. The molecule has 160 valence electrons. The van der Waals surface area contributed by atoms with Gasteiger partial charge in [-0.1, -0.05) is 30.3 Å². The minimum absolute atomic E-state index is 0.221.